The van der Waals surface area contributed by atoms with Gasteiger partial charge in [0.1, 0.15) is 11.4 Å². The van der Waals surface area contributed by atoms with E-state index in [-0.39, 0.29) is 17.5 Å². The summed E-state index contributed by atoms with van der Waals surface area (Å²) in [6, 6.07) is 12.7. The van der Waals surface area contributed by atoms with E-state index in [9.17, 15) is 14.9 Å². The molecule has 26 heavy (non-hydrogen) atoms. The number of nitrogens with zero attached hydrogens (tertiary/aromatic N) is 2. The molecule has 1 fully saturated rings. The van der Waals surface area contributed by atoms with E-state index in [1.54, 1.807) is 12.1 Å². The van der Waals surface area contributed by atoms with Crippen LogP contribution in [-0.2, 0) is 0 Å². The Hall–Kier alpha value is -2.89. The Kier molecular flexibility index (Phi) is 5.21. The SMILES string of the molecule is CCOc1ccc([C@@H]2CCCN2c2ccc(C(C)=O)cc2[N+](=O)[O-])cc1. The van der Waals surface area contributed by atoms with Crippen molar-refractivity contribution in [2.75, 3.05) is 18.1 Å². The number of carbonyl (C=O) groups is 1. The summed E-state index contributed by atoms with van der Waals surface area (Å²) in [5, 5.41) is 11.6. The third-order valence-electron chi connectivity index (χ3n) is 4.72. The van der Waals surface area contributed by atoms with Crippen molar-refractivity contribution in [3.8, 4) is 5.75 Å². The van der Waals surface area contributed by atoms with Crippen molar-refractivity contribution in [2.24, 2.45) is 0 Å². The summed E-state index contributed by atoms with van der Waals surface area (Å²) in [5.74, 6) is 0.640. The fourth-order valence-electron chi connectivity index (χ4n) is 3.49. The Bertz CT molecular complexity index is 817. The fourth-order valence-corrected chi connectivity index (χ4v) is 3.49. The molecule has 1 atom stereocenters. The second kappa shape index (κ2) is 7.56. The van der Waals surface area contributed by atoms with E-state index >= 15 is 0 Å². The first-order valence-electron chi connectivity index (χ1n) is 8.80. The van der Waals surface area contributed by atoms with Crippen LogP contribution in [0.3, 0.4) is 0 Å². The number of ether oxygens (including phenoxy) is 1. The van der Waals surface area contributed by atoms with Gasteiger partial charge >= 0.3 is 0 Å². The summed E-state index contributed by atoms with van der Waals surface area (Å²) in [5.41, 5.74) is 2.01. The van der Waals surface area contributed by atoms with Crippen molar-refractivity contribution in [1.29, 1.82) is 0 Å². The topological polar surface area (TPSA) is 72.7 Å². The van der Waals surface area contributed by atoms with Crippen LogP contribution in [0.5, 0.6) is 5.75 Å². The van der Waals surface area contributed by atoms with Gasteiger partial charge in [0.15, 0.2) is 5.78 Å². The van der Waals surface area contributed by atoms with Gasteiger partial charge < -0.3 is 9.64 Å². The summed E-state index contributed by atoms with van der Waals surface area (Å²) in [7, 11) is 0. The molecule has 0 amide bonds. The smallest absolute Gasteiger partial charge is 0.293 e. The van der Waals surface area contributed by atoms with Crippen molar-refractivity contribution in [3.05, 3.63) is 63.7 Å². The molecule has 6 heteroatoms. The molecule has 3 rings (SSSR count). The van der Waals surface area contributed by atoms with Crippen LogP contribution in [0.2, 0.25) is 0 Å². The van der Waals surface area contributed by atoms with Gasteiger partial charge in [0.2, 0.25) is 0 Å². The monoisotopic (exact) mass is 354 g/mol. The van der Waals surface area contributed by atoms with E-state index in [0.717, 1.165) is 30.7 Å². The van der Waals surface area contributed by atoms with Crippen molar-refractivity contribution in [1.82, 2.24) is 0 Å². The van der Waals surface area contributed by atoms with Gasteiger partial charge in [0.05, 0.1) is 17.6 Å². The van der Waals surface area contributed by atoms with Crippen LogP contribution in [0.15, 0.2) is 42.5 Å². The number of rotatable bonds is 6. The zero-order valence-electron chi connectivity index (χ0n) is 15.0. The Balaban J connectivity index is 1.95. The molecule has 0 aliphatic carbocycles. The minimum atomic E-state index is -0.407. The number of nitro benzene ring substituents is 1. The number of nitro groups is 1. The van der Waals surface area contributed by atoms with Gasteiger partial charge in [-0.05, 0) is 56.5 Å². The summed E-state index contributed by atoms with van der Waals surface area (Å²) < 4.78 is 5.49. The second-order valence-electron chi connectivity index (χ2n) is 6.37. The van der Waals surface area contributed by atoms with Gasteiger partial charge in [0.25, 0.3) is 5.69 Å². The molecule has 0 N–H and O–H groups in total. The third kappa shape index (κ3) is 3.54. The lowest BCUT2D eigenvalue weighted by Gasteiger charge is -2.27. The van der Waals surface area contributed by atoms with Crippen LogP contribution in [-0.4, -0.2) is 23.9 Å². The van der Waals surface area contributed by atoms with Gasteiger partial charge in [0, 0.05) is 18.2 Å². The molecule has 1 saturated heterocycles. The molecule has 1 heterocycles. The van der Waals surface area contributed by atoms with Crippen molar-refractivity contribution in [2.45, 2.75) is 32.7 Å². The van der Waals surface area contributed by atoms with Crippen molar-refractivity contribution in [3.63, 3.8) is 0 Å². The maximum absolute atomic E-state index is 11.6. The molecule has 0 spiro atoms. The molecule has 2 aromatic carbocycles. The minimum Gasteiger partial charge on any atom is -0.494 e. The van der Waals surface area contributed by atoms with E-state index in [0.29, 0.717) is 17.9 Å². The molecule has 136 valence electrons. The number of hydrogen-bond donors (Lipinski definition) is 0. The maximum Gasteiger partial charge on any atom is 0.293 e. The summed E-state index contributed by atoms with van der Waals surface area (Å²) in [6.45, 7) is 4.72. The zero-order valence-corrected chi connectivity index (χ0v) is 15.0. The molecule has 2 aromatic rings. The maximum atomic E-state index is 11.6. The Labute approximate surface area is 152 Å². The molecule has 0 aromatic heterocycles. The van der Waals surface area contributed by atoms with Gasteiger partial charge in [-0.3, -0.25) is 14.9 Å². The van der Waals surface area contributed by atoms with E-state index in [4.69, 9.17) is 4.74 Å². The third-order valence-corrected chi connectivity index (χ3v) is 4.72. The van der Waals surface area contributed by atoms with Crippen LogP contribution in [0, 0.1) is 10.1 Å². The highest BCUT2D eigenvalue weighted by Crippen LogP contribution is 2.41. The molecule has 1 aliphatic rings. The van der Waals surface area contributed by atoms with Crippen LogP contribution in [0.1, 0.15) is 48.7 Å². The Morgan fingerprint density at radius 2 is 2.00 bits per heavy atom. The van der Waals surface area contributed by atoms with E-state index < -0.39 is 4.92 Å². The zero-order chi connectivity index (χ0) is 18.7. The van der Waals surface area contributed by atoms with Crippen LogP contribution in [0.25, 0.3) is 0 Å². The van der Waals surface area contributed by atoms with E-state index in [1.807, 2.05) is 31.2 Å². The fraction of sp³-hybridized carbons (Fsp3) is 0.350. The molecule has 0 saturated carbocycles. The number of ketones is 1. The average molecular weight is 354 g/mol. The van der Waals surface area contributed by atoms with Crippen LogP contribution in [0.4, 0.5) is 11.4 Å². The summed E-state index contributed by atoms with van der Waals surface area (Å²) >= 11 is 0. The molecule has 0 radical (unpaired) electrons. The van der Waals surface area contributed by atoms with Gasteiger partial charge in [-0.1, -0.05) is 12.1 Å². The Morgan fingerprint density at radius 1 is 1.27 bits per heavy atom. The summed E-state index contributed by atoms with van der Waals surface area (Å²) in [4.78, 5) is 24.8. The van der Waals surface area contributed by atoms with Gasteiger partial charge in [-0.15, -0.1) is 0 Å². The number of carbonyl (C=O) groups excluding carboxylic acids is 1. The van der Waals surface area contributed by atoms with E-state index in [2.05, 4.69) is 4.90 Å². The van der Waals surface area contributed by atoms with Gasteiger partial charge in [-0.2, -0.15) is 0 Å². The lowest BCUT2D eigenvalue weighted by molar-refractivity contribution is -0.384. The predicted octanol–water partition coefficient (Wildman–Crippen LogP) is 4.54. The second-order valence-corrected chi connectivity index (χ2v) is 6.37. The highest BCUT2D eigenvalue weighted by molar-refractivity contribution is 5.95. The highest BCUT2D eigenvalue weighted by Gasteiger charge is 2.31. The highest BCUT2D eigenvalue weighted by atomic mass is 16.6. The molecular weight excluding hydrogens is 332 g/mol. The largest absolute Gasteiger partial charge is 0.494 e. The minimum absolute atomic E-state index is 0.0180. The first kappa shape index (κ1) is 17.9. The lowest BCUT2D eigenvalue weighted by Crippen LogP contribution is -2.23. The molecule has 0 unspecified atom stereocenters. The van der Waals surface area contributed by atoms with Crippen molar-refractivity contribution < 1.29 is 14.5 Å². The predicted molar refractivity (Wildman–Crippen MR) is 100 cm³/mol. The first-order chi connectivity index (χ1) is 12.5. The van der Waals surface area contributed by atoms with Crippen molar-refractivity contribution >= 4 is 17.2 Å². The number of benzene rings is 2. The molecule has 1 aliphatic heterocycles. The molecule has 6 nitrogen and oxygen atoms in total. The average Bonchev–Trinajstić information content (AvgIpc) is 3.11. The van der Waals surface area contributed by atoms with E-state index in [1.165, 1.54) is 13.0 Å². The Morgan fingerprint density at radius 3 is 2.62 bits per heavy atom. The van der Waals surface area contributed by atoms with Crippen LogP contribution >= 0.6 is 0 Å². The standard InChI is InChI=1S/C20H22N2O4/c1-3-26-17-9-6-15(7-10-17)18-5-4-12-21(18)19-11-8-16(14(2)23)13-20(19)22(24)25/h6-11,13,18H,3-5,12H2,1-2H3/t18-/m0/s1. The van der Waals surface area contributed by atoms with Gasteiger partial charge in [-0.25, -0.2) is 0 Å². The normalized spacial score (nSPS) is 16.5. The first-order valence-corrected chi connectivity index (χ1v) is 8.80. The number of anilines is 1. The number of Topliss-reactive ketones (excluding diaryl/α,β-unsaturated/α-hetero) is 1. The van der Waals surface area contributed by atoms with Crippen LogP contribution < -0.4 is 9.64 Å². The molecule has 0 bridgehead atoms. The number of hydrogen-bond acceptors (Lipinski definition) is 5. The molecular formula is C20H22N2O4. The quantitative estimate of drug-likeness (QED) is 0.433. The summed E-state index contributed by atoms with van der Waals surface area (Å²) in [6.07, 6.45) is 1.89. The lowest BCUT2D eigenvalue weighted by atomic mass is 10.0.